The predicted molar refractivity (Wildman–Crippen MR) is 126 cm³/mol. The van der Waals surface area contributed by atoms with Gasteiger partial charge in [0.15, 0.2) is 5.96 Å². The highest BCUT2D eigenvalue weighted by Gasteiger charge is 2.34. The van der Waals surface area contributed by atoms with Gasteiger partial charge in [-0.25, -0.2) is 0 Å². The lowest BCUT2D eigenvalue weighted by molar-refractivity contribution is 0.0543. The lowest BCUT2D eigenvalue weighted by atomic mass is 9.85. The van der Waals surface area contributed by atoms with Crippen LogP contribution in [-0.2, 0) is 6.42 Å². The zero-order valence-electron chi connectivity index (χ0n) is 18.4. The molecule has 0 radical (unpaired) electrons. The van der Waals surface area contributed by atoms with E-state index in [1.54, 1.807) is 24.3 Å². The Hall–Kier alpha value is -2.93. The molecule has 1 heterocycles. The van der Waals surface area contributed by atoms with Crippen LogP contribution in [0.5, 0.6) is 11.5 Å². The van der Waals surface area contributed by atoms with E-state index in [1.807, 2.05) is 20.8 Å². The summed E-state index contributed by atoms with van der Waals surface area (Å²) in [7, 11) is 0. The Balaban J connectivity index is 0.00000341. The first-order valence-electron chi connectivity index (χ1n) is 10.1. The summed E-state index contributed by atoms with van der Waals surface area (Å²) in [6, 6.07) is 6.87. The quantitative estimate of drug-likeness (QED) is 0.352. The molecule has 0 fully saturated rings. The van der Waals surface area contributed by atoms with Crippen molar-refractivity contribution in [2.75, 3.05) is 11.9 Å². The number of anilines is 1. The van der Waals surface area contributed by atoms with Crippen molar-refractivity contribution in [2.24, 2.45) is 5.73 Å². The highest BCUT2D eigenvalue weighted by atomic mass is 35.5. The Labute approximate surface area is 189 Å². The van der Waals surface area contributed by atoms with Crippen LogP contribution in [0.25, 0.3) is 0 Å². The van der Waals surface area contributed by atoms with Crippen LogP contribution in [0.3, 0.4) is 0 Å². The molecule has 1 amide bonds. The molecule has 0 saturated heterocycles. The molecule has 2 aromatic rings. The van der Waals surface area contributed by atoms with Gasteiger partial charge in [-0.05, 0) is 75.4 Å². The molecule has 1 unspecified atom stereocenters. The molecule has 31 heavy (non-hydrogen) atoms. The van der Waals surface area contributed by atoms with Crippen LogP contribution < -0.4 is 21.1 Å². The number of fused-ring (bicyclic) bond motifs is 1. The van der Waals surface area contributed by atoms with Crippen LogP contribution in [0.4, 0.5) is 5.69 Å². The minimum absolute atomic E-state index is 0. The normalized spacial score (nSPS) is 17.0. The van der Waals surface area contributed by atoms with Crippen molar-refractivity contribution in [3.05, 3.63) is 52.1 Å². The minimum atomic E-state index is -0.390. The Morgan fingerprint density at radius 3 is 2.65 bits per heavy atom. The van der Waals surface area contributed by atoms with Crippen molar-refractivity contribution in [1.82, 2.24) is 5.32 Å². The highest BCUT2D eigenvalue weighted by molar-refractivity contribution is 5.96. The summed E-state index contributed by atoms with van der Waals surface area (Å²) in [4.78, 5) is 12.5. The maximum atomic E-state index is 12.5. The van der Waals surface area contributed by atoms with Crippen molar-refractivity contribution in [2.45, 2.75) is 52.6 Å². The number of aromatic hydroxyl groups is 1. The molecule has 1 atom stereocenters. The maximum Gasteiger partial charge on any atom is 0.251 e. The number of hydrogen-bond donors (Lipinski definition) is 5. The van der Waals surface area contributed by atoms with Crippen LogP contribution in [0, 0.1) is 26.2 Å². The summed E-state index contributed by atoms with van der Waals surface area (Å²) >= 11 is 0. The minimum Gasteiger partial charge on any atom is -0.507 e. The Morgan fingerprint density at radius 2 is 1.97 bits per heavy atom. The molecule has 1 aliphatic rings. The number of carbonyl (C=O) groups excluding carboxylic acids is 1. The van der Waals surface area contributed by atoms with Gasteiger partial charge in [0, 0.05) is 29.8 Å². The zero-order chi connectivity index (χ0) is 22.1. The molecule has 0 saturated carbocycles. The first kappa shape index (κ1) is 24.3. The van der Waals surface area contributed by atoms with E-state index in [2.05, 4.69) is 17.6 Å². The maximum absolute atomic E-state index is 12.5. The summed E-state index contributed by atoms with van der Waals surface area (Å²) in [6.07, 6.45) is 2.32. The fourth-order valence-electron chi connectivity index (χ4n) is 3.91. The molecular formula is C23H31ClN4O3. The number of nitrogens with one attached hydrogen (secondary N) is 3. The third-order valence-electron chi connectivity index (χ3n) is 5.94. The number of hydrogen-bond acceptors (Lipinski definition) is 4. The van der Waals surface area contributed by atoms with E-state index in [0.717, 1.165) is 40.8 Å². The summed E-state index contributed by atoms with van der Waals surface area (Å²) < 4.78 is 6.41. The van der Waals surface area contributed by atoms with Crippen LogP contribution in [0.1, 0.15) is 52.4 Å². The molecule has 2 aromatic carbocycles. The highest BCUT2D eigenvalue weighted by Crippen LogP contribution is 2.43. The number of rotatable bonds is 5. The third kappa shape index (κ3) is 5.22. The molecule has 0 spiro atoms. The fourth-order valence-corrected chi connectivity index (χ4v) is 3.91. The summed E-state index contributed by atoms with van der Waals surface area (Å²) in [5, 5.41) is 23.3. The third-order valence-corrected chi connectivity index (χ3v) is 5.94. The van der Waals surface area contributed by atoms with E-state index in [-0.39, 0.29) is 29.9 Å². The van der Waals surface area contributed by atoms with Gasteiger partial charge in [-0.3, -0.25) is 10.2 Å². The van der Waals surface area contributed by atoms with Crippen molar-refractivity contribution in [3.8, 4) is 11.5 Å². The summed E-state index contributed by atoms with van der Waals surface area (Å²) in [5.74, 6) is 0.859. The first-order valence-corrected chi connectivity index (χ1v) is 10.1. The van der Waals surface area contributed by atoms with Crippen molar-refractivity contribution < 1.29 is 14.6 Å². The molecule has 0 aromatic heterocycles. The van der Waals surface area contributed by atoms with Gasteiger partial charge in [0.25, 0.3) is 5.91 Å². The van der Waals surface area contributed by atoms with Gasteiger partial charge in [0.05, 0.1) is 0 Å². The number of phenolic OH excluding ortho intramolecular Hbond substituents is 1. The predicted octanol–water partition coefficient (Wildman–Crippen LogP) is 3.95. The zero-order valence-corrected chi connectivity index (χ0v) is 19.2. The number of guanidine groups is 1. The molecule has 1 aliphatic heterocycles. The molecule has 168 valence electrons. The Bertz CT molecular complexity index is 1010. The Kier molecular flexibility index (Phi) is 7.44. The van der Waals surface area contributed by atoms with Gasteiger partial charge < -0.3 is 26.2 Å². The largest absolute Gasteiger partial charge is 0.507 e. The van der Waals surface area contributed by atoms with E-state index in [1.165, 1.54) is 0 Å². The molecule has 6 N–H and O–H groups in total. The molecule has 0 bridgehead atoms. The molecule has 3 rings (SSSR count). The monoisotopic (exact) mass is 446 g/mol. The van der Waals surface area contributed by atoms with Gasteiger partial charge >= 0.3 is 0 Å². The average molecular weight is 447 g/mol. The van der Waals surface area contributed by atoms with Gasteiger partial charge in [-0.2, -0.15) is 0 Å². The summed E-state index contributed by atoms with van der Waals surface area (Å²) in [5.41, 5.74) is 9.84. The second-order valence-electron chi connectivity index (χ2n) is 8.21. The molecular weight excluding hydrogens is 416 g/mol. The number of ether oxygens (including phenoxy) is 1. The SMILES string of the molecule is Cc1c(C)c2c(c(C)c1O)CCC(C)(CCNC(=O)c1cccc(NC(=N)N)c1)O2.Cl. The number of amides is 1. The van der Waals surface area contributed by atoms with Crippen LogP contribution in [-0.4, -0.2) is 29.1 Å². The van der Waals surface area contributed by atoms with E-state index in [9.17, 15) is 9.90 Å². The van der Waals surface area contributed by atoms with Crippen LogP contribution in [0.2, 0.25) is 0 Å². The molecule has 7 nitrogen and oxygen atoms in total. The van der Waals surface area contributed by atoms with Crippen LogP contribution in [0.15, 0.2) is 24.3 Å². The smallest absolute Gasteiger partial charge is 0.251 e. The van der Waals surface area contributed by atoms with Gasteiger partial charge in [-0.15, -0.1) is 12.4 Å². The lowest BCUT2D eigenvalue weighted by Gasteiger charge is -2.38. The number of halogens is 1. The lowest BCUT2D eigenvalue weighted by Crippen LogP contribution is -2.40. The van der Waals surface area contributed by atoms with E-state index in [0.29, 0.717) is 30.0 Å². The number of phenols is 1. The van der Waals surface area contributed by atoms with Gasteiger partial charge in [0.2, 0.25) is 0 Å². The molecule has 0 aliphatic carbocycles. The first-order chi connectivity index (χ1) is 14.1. The van der Waals surface area contributed by atoms with E-state index in [4.69, 9.17) is 15.9 Å². The topological polar surface area (TPSA) is 120 Å². The van der Waals surface area contributed by atoms with E-state index >= 15 is 0 Å². The van der Waals surface area contributed by atoms with Gasteiger partial charge in [0.1, 0.15) is 17.1 Å². The number of benzene rings is 2. The number of carbonyl (C=O) groups is 1. The van der Waals surface area contributed by atoms with E-state index < -0.39 is 0 Å². The average Bonchev–Trinajstić information content (AvgIpc) is 2.70. The fraction of sp³-hybridized carbons (Fsp3) is 0.391. The van der Waals surface area contributed by atoms with Crippen molar-refractivity contribution >= 4 is 30.0 Å². The van der Waals surface area contributed by atoms with Crippen molar-refractivity contribution in [3.63, 3.8) is 0 Å². The molecule has 8 heteroatoms. The van der Waals surface area contributed by atoms with Crippen molar-refractivity contribution in [1.29, 1.82) is 5.41 Å². The summed E-state index contributed by atoms with van der Waals surface area (Å²) in [6.45, 7) is 8.36. The van der Waals surface area contributed by atoms with Crippen LogP contribution >= 0.6 is 12.4 Å². The second kappa shape index (κ2) is 9.47. The Morgan fingerprint density at radius 1 is 1.26 bits per heavy atom. The van der Waals surface area contributed by atoms with Gasteiger partial charge in [-0.1, -0.05) is 6.07 Å². The standard InChI is InChI=1S/C23H30N4O3.ClH/c1-13-14(2)20-18(15(3)19(13)28)8-9-23(4,30-20)10-11-26-21(29)16-6-5-7-17(12-16)27-22(24)25;/h5-7,12,28H,8-11H2,1-4H3,(H,26,29)(H4,24,25,27);1H. The number of nitrogens with two attached hydrogens (primary N) is 1. The second-order valence-corrected chi connectivity index (χ2v) is 8.21.